The Morgan fingerprint density at radius 3 is 0.920 bits per heavy atom. The number of unbranched alkanes of at least 4 members (excludes halogenated alkanes) is 30. The van der Waals surface area contributed by atoms with Crippen LogP contribution in [0.1, 0.15) is 318 Å². The lowest BCUT2D eigenvalue weighted by Crippen LogP contribution is -2.30. The second kappa shape index (κ2) is 59.5. The average Bonchev–Trinajstić information content (AvgIpc) is 3.59. The van der Waals surface area contributed by atoms with E-state index in [9.17, 15) is 43.2 Å². The number of esters is 4. The topological polar surface area (TPSA) is 237 Å². The van der Waals surface area contributed by atoms with E-state index in [1.54, 1.807) is 0 Å². The predicted octanol–water partition coefficient (Wildman–Crippen LogP) is 19.0. The van der Waals surface area contributed by atoms with Crippen molar-refractivity contribution in [1.82, 2.24) is 0 Å². The Kier molecular flexibility index (Phi) is 57.9. The molecule has 0 aromatic heterocycles. The van der Waals surface area contributed by atoms with Crippen LogP contribution in [0.4, 0.5) is 0 Å². The highest BCUT2D eigenvalue weighted by Gasteiger charge is 2.30. The average molecular weight is 1290 g/mol. The lowest BCUT2D eigenvalue weighted by Gasteiger charge is -2.21. The number of carbonyl (C=O) groups is 4. The minimum atomic E-state index is -4.96. The number of allylic oxidation sites excluding steroid dienone is 4. The van der Waals surface area contributed by atoms with Crippen molar-refractivity contribution >= 4 is 39.5 Å². The quantitative estimate of drug-likeness (QED) is 0.0169. The summed E-state index contributed by atoms with van der Waals surface area (Å²) in [6.45, 7) is 11.6. The van der Waals surface area contributed by atoms with E-state index in [2.05, 4.69) is 72.8 Å². The molecule has 0 spiro atoms. The fraction of sp³-hybridized carbons (Fsp3) is 0.884. The van der Waals surface area contributed by atoms with E-state index >= 15 is 0 Å². The number of carbonyl (C=O) groups excluding carboxylic acids is 4. The molecular weight excluding hydrogens is 1160 g/mol. The number of hydrogen-bond donors (Lipinski definition) is 3. The van der Waals surface area contributed by atoms with Crippen molar-refractivity contribution in [2.24, 2.45) is 17.8 Å². The van der Waals surface area contributed by atoms with Gasteiger partial charge in [-0.15, -0.1) is 0 Å². The van der Waals surface area contributed by atoms with Crippen LogP contribution in [-0.4, -0.2) is 96.7 Å². The molecule has 17 nitrogen and oxygen atoms in total. The van der Waals surface area contributed by atoms with Gasteiger partial charge in [-0.3, -0.25) is 37.3 Å². The first kappa shape index (κ1) is 85.5. The maximum atomic E-state index is 13.0. The van der Waals surface area contributed by atoms with Gasteiger partial charge < -0.3 is 33.8 Å². The standard InChI is InChI=1S/C69H130O17P2/c1-8-9-10-11-12-13-14-15-16-17-18-21-30-38-45-52-68(73)85-64(56-79-66(71)50-43-36-29-24-23-27-34-41-48-61(4)5)58-83-87(75,76)81-54-63(70)55-82-88(77,78)84-59-65(57-80-67(72)51-44-37-32-25-28-35-42-49-62(6)7)86-69(74)53-46-39-31-22-19-20-26-33-40-47-60(2)3/h13-16,60-65,70H,8-12,17-59H2,1-7H3,(H,75,76)(H,77,78)/b14-13-,16-15-/t63?,64-,65-/m1/s1. The van der Waals surface area contributed by atoms with Gasteiger partial charge in [-0.25, -0.2) is 9.13 Å². The Morgan fingerprint density at radius 1 is 0.352 bits per heavy atom. The van der Waals surface area contributed by atoms with Crippen LogP contribution < -0.4 is 0 Å². The van der Waals surface area contributed by atoms with E-state index in [4.69, 9.17) is 37.0 Å². The Hall–Kier alpha value is -2.46. The van der Waals surface area contributed by atoms with Crippen LogP contribution in [0.5, 0.6) is 0 Å². The number of rotatable bonds is 65. The van der Waals surface area contributed by atoms with E-state index in [-0.39, 0.29) is 25.7 Å². The highest BCUT2D eigenvalue weighted by molar-refractivity contribution is 7.47. The van der Waals surface area contributed by atoms with Gasteiger partial charge in [0.15, 0.2) is 12.2 Å². The second-order valence-electron chi connectivity index (χ2n) is 25.7. The van der Waals surface area contributed by atoms with Gasteiger partial charge in [0.2, 0.25) is 0 Å². The molecule has 518 valence electrons. The largest absolute Gasteiger partial charge is 0.472 e. The van der Waals surface area contributed by atoms with E-state index in [0.29, 0.717) is 31.6 Å². The van der Waals surface area contributed by atoms with Crippen molar-refractivity contribution in [3.8, 4) is 0 Å². The molecule has 0 aromatic carbocycles. The van der Waals surface area contributed by atoms with Crippen LogP contribution in [0, 0.1) is 17.8 Å². The molecule has 0 fully saturated rings. The van der Waals surface area contributed by atoms with Crippen LogP contribution in [-0.2, 0) is 65.4 Å². The molecule has 0 bridgehead atoms. The molecule has 0 saturated carbocycles. The molecule has 0 aliphatic heterocycles. The van der Waals surface area contributed by atoms with Gasteiger partial charge in [0.25, 0.3) is 0 Å². The predicted molar refractivity (Wildman–Crippen MR) is 354 cm³/mol. The third-order valence-electron chi connectivity index (χ3n) is 15.3. The van der Waals surface area contributed by atoms with Crippen LogP contribution >= 0.6 is 15.6 Å². The smallest absolute Gasteiger partial charge is 0.462 e. The highest BCUT2D eigenvalue weighted by Crippen LogP contribution is 2.45. The lowest BCUT2D eigenvalue weighted by atomic mass is 10.0. The Balaban J connectivity index is 5.29. The highest BCUT2D eigenvalue weighted by atomic mass is 31.2. The summed E-state index contributed by atoms with van der Waals surface area (Å²) >= 11 is 0. The van der Waals surface area contributed by atoms with Gasteiger partial charge in [0, 0.05) is 25.7 Å². The fourth-order valence-electron chi connectivity index (χ4n) is 9.82. The zero-order valence-corrected chi connectivity index (χ0v) is 58.5. The molecule has 3 N–H and O–H groups in total. The van der Waals surface area contributed by atoms with Gasteiger partial charge >= 0.3 is 39.5 Å². The SMILES string of the molecule is CCCCCC/C=C\C=C/CCCCCCCC(=O)O[C@H](COC(=O)CCCCCCCCCCC(C)C)COP(=O)(O)OCC(O)COP(=O)(O)OC[C@@H](COC(=O)CCCCCCCCCC(C)C)OC(=O)CCCCCCCCCCCC(C)C. The molecular formula is C69H130O17P2. The Morgan fingerprint density at radius 2 is 0.614 bits per heavy atom. The zero-order valence-electron chi connectivity index (χ0n) is 56.7. The fourth-order valence-corrected chi connectivity index (χ4v) is 11.4. The first-order valence-corrected chi connectivity index (χ1v) is 38.2. The number of ether oxygens (including phenoxy) is 4. The van der Waals surface area contributed by atoms with Crippen LogP contribution in [0.15, 0.2) is 24.3 Å². The summed E-state index contributed by atoms with van der Waals surface area (Å²) in [5.74, 6) is 0.000528. The number of phosphoric ester groups is 2. The summed E-state index contributed by atoms with van der Waals surface area (Å²) in [7, 11) is -9.91. The third-order valence-corrected chi connectivity index (χ3v) is 17.2. The van der Waals surface area contributed by atoms with E-state index in [0.717, 1.165) is 127 Å². The summed E-state index contributed by atoms with van der Waals surface area (Å²) in [5, 5.41) is 10.6. The van der Waals surface area contributed by atoms with Gasteiger partial charge in [0.1, 0.15) is 19.3 Å². The molecule has 0 aliphatic rings. The van der Waals surface area contributed by atoms with Gasteiger partial charge in [-0.2, -0.15) is 0 Å². The first-order chi connectivity index (χ1) is 42.2. The number of aliphatic hydroxyl groups excluding tert-OH is 1. The molecule has 88 heavy (non-hydrogen) atoms. The van der Waals surface area contributed by atoms with Crippen molar-refractivity contribution in [3.05, 3.63) is 24.3 Å². The summed E-state index contributed by atoms with van der Waals surface area (Å²) in [6, 6.07) is 0. The summed E-state index contributed by atoms with van der Waals surface area (Å²) < 4.78 is 68.2. The molecule has 0 radical (unpaired) electrons. The monoisotopic (exact) mass is 1290 g/mol. The van der Waals surface area contributed by atoms with Crippen molar-refractivity contribution in [2.75, 3.05) is 39.6 Å². The van der Waals surface area contributed by atoms with E-state index < -0.39 is 97.5 Å². The Bertz CT molecular complexity index is 1830. The molecule has 3 unspecified atom stereocenters. The molecule has 0 heterocycles. The number of hydrogen-bond acceptors (Lipinski definition) is 15. The molecule has 0 rings (SSSR count). The first-order valence-electron chi connectivity index (χ1n) is 35.2. The number of aliphatic hydroxyl groups is 1. The van der Waals surface area contributed by atoms with Crippen molar-refractivity contribution in [3.63, 3.8) is 0 Å². The zero-order chi connectivity index (χ0) is 65.2. The molecule has 5 atom stereocenters. The maximum absolute atomic E-state index is 13.0. The second-order valence-corrected chi connectivity index (χ2v) is 28.6. The van der Waals surface area contributed by atoms with E-state index in [1.807, 2.05) is 0 Å². The maximum Gasteiger partial charge on any atom is 0.472 e. The lowest BCUT2D eigenvalue weighted by molar-refractivity contribution is -0.161. The number of phosphoric acid groups is 2. The van der Waals surface area contributed by atoms with Gasteiger partial charge in [-0.1, -0.05) is 265 Å². The van der Waals surface area contributed by atoms with Crippen LogP contribution in [0.3, 0.4) is 0 Å². The summed E-state index contributed by atoms with van der Waals surface area (Å²) in [5.41, 5.74) is 0. The molecule has 0 aromatic rings. The van der Waals surface area contributed by atoms with E-state index in [1.165, 1.54) is 103 Å². The molecule has 0 saturated heterocycles. The Labute approximate surface area is 535 Å². The third kappa shape index (κ3) is 62.4. The van der Waals surface area contributed by atoms with Gasteiger partial charge in [-0.05, 0) is 69.1 Å². The molecule has 19 heteroatoms. The van der Waals surface area contributed by atoms with Crippen LogP contribution in [0.2, 0.25) is 0 Å². The minimum Gasteiger partial charge on any atom is -0.462 e. The molecule has 0 amide bonds. The van der Waals surface area contributed by atoms with Crippen molar-refractivity contribution < 1.29 is 80.2 Å². The summed E-state index contributed by atoms with van der Waals surface area (Å²) in [4.78, 5) is 72.4. The molecule has 0 aliphatic carbocycles. The van der Waals surface area contributed by atoms with Gasteiger partial charge in [0.05, 0.1) is 26.4 Å². The van der Waals surface area contributed by atoms with Crippen molar-refractivity contribution in [2.45, 2.75) is 336 Å². The summed E-state index contributed by atoms with van der Waals surface area (Å²) in [6.07, 6.45) is 45.4. The minimum absolute atomic E-state index is 0.0838. The normalized spacial score (nSPS) is 14.4. The van der Waals surface area contributed by atoms with Crippen LogP contribution in [0.25, 0.3) is 0 Å². The van der Waals surface area contributed by atoms with Crippen molar-refractivity contribution in [1.29, 1.82) is 0 Å².